The van der Waals surface area contributed by atoms with Gasteiger partial charge in [-0.25, -0.2) is 9.59 Å². The number of amides is 1. The molecule has 6 heteroatoms. The van der Waals surface area contributed by atoms with Gasteiger partial charge in [-0.05, 0) is 33.3 Å². The molecule has 1 amide bonds. The summed E-state index contributed by atoms with van der Waals surface area (Å²) >= 11 is 4.06. The maximum Gasteiger partial charge on any atom is 0.411 e. The Hall–Kier alpha value is -1.69. The standard InChI is InChI=1S/C16H23NO4S/c1-11-6-5-7-12(8-11)9-17(13(10-22)14(18)19)15(20)21-16(2,3)4/h5-8,13,22H,9-10H2,1-4H3,(H,18,19)/t13-/m0/s1. The number of ether oxygens (including phenoxy) is 1. The van der Waals surface area contributed by atoms with Crippen molar-refractivity contribution in [2.24, 2.45) is 0 Å². The summed E-state index contributed by atoms with van der Waals surface area (Å²) in [4.78, 5) is 25.0. The summed E-state index contributed by atoms with van der Waals surface area (Å²) in [5.74, 6) is -1.09. The van der Waals surface area contributed by atoms with Gasteiger partial charge in [-0.2, -0.15) is 12.6 Å². The highest BCUT2D eigenvalue weighted by molar-refractivity contribution is 7.80. The van der Waals surface area contributed by atoms with E-state index in [4.69, 9.17) is 4.74 Å². The molecule has 0 saturated heterocycles. The number of carboxylic acids is 1. The average molecular weight is 325 g/mol. The average Bonchev–Trinajstić information content (AvgIpc) is 2.36. The van der Waals surface area contributed by atoms with E-state index >= 15 is 0 Å². The van der Waals surface area contributed by atoms with Crippen LogP contribution >= 0.6 is 12.6 Å². The first-order valence-corrected chi connectivity index (χ1v) is 7.66. The lowest BCUT2D eigenvalue weighted by atomic mass is 10.1. The molecule has 1 N–H and O–H groups in total. The molecule has 0 aliphatic rings. The normalized spacial score (nSPS) is 12.6. The molecule has 0 aromatic heterocycles. The number of aliphatic carboxylic acids is 1. The molecule has 1 aromatic carbocycles. The first-order valence-electron chi connectivity index (χ1n) is 7.03. The Balaban J connectivity index is 3.05. The Morgan fingerprint density at radius 2 is 2.00 bits per heavy atom. The number of aryl methyl sites for hydroxylation is 1. The molecule has 1 rings (SSSR count). The number of hydrogen-bond donors (Lipinski definition) is 2. The summed E-state index contributed by atoms with van der Waals surface area (Å²) in [6.07, 6.45) is -0.657. The molecule has 0 bridgehead atoms. The van der Waals surface area contributed by atoms with Gasteiger partial charge >= 0.3 is 12.1 Å². The summed E-state index contributed by atoms with van der Waals surface area (Å²) in [6, 6.07) is 6.53. The van der Waals surface area contributed by atoms with E-state index in [1.165, 1.54) is 4.90 Å². The highest BCUT2D eigenvalue weighted by Crippen LogP contribution is 2.17. The third kappa shape index (κ3) is 5.60. The molecule has 0 spiro atoms. The predicted octanol–water partition coefficient (Wildman–Crippen LogP) is 3.12. The maximum atomic E-state index is 12.4. The van der Waals surface area contributed by atoms with Crippen molar-refractivity contribution in [2.45, 2.75) is 45.9 Å². The van der Waals surface area contributed by atoms with Crippen molar-refractivity contribution in [3.05, 3.63) is 35.4 Å². The fraction of sp³-hybridized carbons (Fsp3) is 0.500. The number of benzene rings is 1. The number of hydrogen-bond acceptors (Lipinski definition) is 4. The van der Waals surface area contributed by atoms with Crippen LogP contribution in [0.5, 0.6) is 0 Å². The van der Waals surface area contributed by atoms with E-state index in [2.05, 4.69) is 12.6 Å². The van der Waals surface area contributed by atoms with Crippen LogP contribution in [0.15, 0.2) is 24.3 Å². The Kier molecular flexibility index (Phi) is 6.29. The van der Waals surface area contributed by atoms with Crippen molar-refractivity contribution in [1.29, 1.82) is 0 Å². The predicted molar refractivity (Wildman–Crippen MR) is 88.2 cm³/mol. The first kappa shape index (κ1) is 18.4. The van der Waals surface area contributed by atoms with Crippen molar-refractivity contribution in [1.82, 2.24) is 4.90 Å². The summed E-state index contributed by atoms with van der Waals surface area (Å²) in [5, 5.41) is 9.33. The van der Waals surface area contributed by atoms with Gasteiger partial charge < -0.3 is 9.84 Å². The topological polar surface area (TPSA) is 66.8 Å². The van der Waals surface area contributed by atoms with Crippen LogP contribution in [0.25, 0.3) is 0 Å². The van der Waals surface area contributed by atoms with E-state index in [0.717, 1.165) is 11.1 Å². The van der Waals surface area contributed by atoms with E-state index in [1.807, 2.05) is 31.2 Å². The lowest BCUT2D eigenvalue weighted by Gasteiger charge is -2.31. The molecule has 0 unspecified atom stereocenters. The van der Waals surface area contributed by atoms with Crippen LogP contribution in [0, 0.1) is 6.92 Å². The summed E-state index contributed by atoms with van der Waals surface area (Å²) < 4.78 is 5.32. The van der Waals surface area contributed by atoms with Gasteiger partial charge in [0.15, 0.2) is 0 Å². The number of thiol groups is 1. The van der Waals surface area contributed by atoms with Gasteiger partial charge in [0, 0.05) is 12.3 Å². The zero-order valence-electron chi connectivity index (χ0n) is 13.4. The molecular formula is C16H23NO4S. The summed E-state index contributed by atoms with van der Waals surface area (Å²) in [6.45, 7) is 7.33. The van der Waals surface area contributed by atoms with Crippen LogP contribution in [0.2, 0.25) is 0 Å². The molecule has 5 nitrogen and oxygen atoms in total. The molecule has 0 aliphatic carbocycles. The number of carbonyl (C=O) groups excluding carboxylic acids is 1. The van der Waals surface area contributed by atoms with Crippen LogP contribution < -0.4 is 0 Å². The zero-order valence-corrected chi connectivity index (χ0v) is 14.3. The van der Waals surface area contributed by atoms with Gasteiger partial charge in [0.1, 0.15) is 11.6 Å². The number of carbonyl (C=O) groups is 2. The van der Waals surface area contributed by atoms with Crippen molar-refractivity contribution in [2.75, 3.05) is 5.75 Å². The van der Waals surface area contributed by atoms with E-state index in [-0.39, 0.29) is 12.3 Å². The minimum absolute atomic E-state index is 0.0143. The fourth-order valence-corrected chi connectivity index (χ4v) is 2.29. The third-order valence-corrected chi connectivity index (χ3v) is 3.24. The van der Waals surface area contributed by atoms with Crippen LogP contribution in [-0.4, -0.2) is 39.5 Å². The minimum atomic E-state index is -1.10. The second kappa shape index (κ2) is 7.54. The van der Waals surface area contributed by atoms with Crippen molar-refractivity contribution < 1.29 is 19.4 Å². The quantitative estimate of drug-likeness (QED) is 0.816. The fourth-order valence-electron chi connectivity index (χ4n) is 1.94. The number of rotatable bonds is 5. The molecule has 0 saturated carbocycles. The van der Waals surface area contributed by atoms with E-state index in [1.54, 1.807) is 20.8 Å². The summed E-state index contributed by atoms with van der Waals surface area (Å²) in [7, 11) is 0. The van der Waals surface area contributed by atoms with Crippen molar-refractivity contribution in [3.8, 4) is 0 Å². The molecule has 0 fully saturated rings. The highest BCUT2D eigenvalue weighted by atomic mass is 32.1. The number of nitrogens with zero attached hydrogens (tertiary/aromatic N) is 1. The molecule has 0 heterocycles. The Morgan fingerprint density at radius 3 is 2.45 bits per heavy atom. The molecule has 0 aliphatic heterocycles. The Labute approximate surface area is 136 Å². The van der Waals surface area contributed by atoms with Gasteiger partial charge in [0.25, 0.3) is 0 Å². The van der Waals surface area contributed by atoms with Crippen LogP contribution in [0.3, 0.4) is 0 Å². The minimum Gasteiger partial charge on any atom is -0.480 e. The molecule has 1 aromatic rings. The Morgan fingerprint density at radius 1 is 1.36 bits per heavy atom. The molecule has 1 atom stereocenters. The van der Waals surface area contributed by atoms with Crippen molar-refractivity contribution in [3.63, 3.8) is 0 Å². The van der Waals surface area contributed by atoms with E-state index < -0.39 is 23.7 Å². The molecule has 22 heavy (non-hydrogen) atoms. The van der Waals surface area contributed by atoms with Gasteiger partial charge in [-0.1, -0.05) is 29.8 Å². The van der Waals surface area contributed by atoms with Gasteiger partial charge in [-0.15, -0.1) is 0 Å². The second-order valence-electron chi connectivity index (χ2n) is 6.13. The largest absolute Gasteiger partial charge is 0.480 e. The molecule has 122 valence electrons. The Bertz CT molecular complexity index is 539. The summed E-state index contributed by atoms with van der Waals surface area (Å²) in [5.41, 5.74) is 1.19. The highest BCUT2D eigenvalue weighted by Gasteiger charge is 2.32. The monoisotopic (exact) mass is 325 g/mol. The zero-order chi connectivity index (χ0) is 16.9. The SMILES string of the molecule is Cc1cccc(CN(C(=O)OC(C)(C)C)[C@@H](CS)C(=O)O)c1. The molecular weight excluding hydrogens is 302 g/mol. The van der Waals surface area contributed by atoms with Crippen molar-refractivity contribution >= 4 is 24.7 Å². The van der Waals surface area contributed by atoms with Crippen LogP contribution in [0.4, 0.5) is 4.79 Å². The van der Waals surface area contributed by atoms with Gasteiger partial charge in [0.2, 0.25) is 0 Å². The van der Waals surface area contributed by atoms with Crippen LogP contribution in [-0.2, 0) is 16.1 Å². The lowest BCUT2D eigenvalue weighted by Crippen LogP contribution is -2.47. The van der Waals surface area contributed by atoms with Gasteiger partial charge in [0.05, 0.1) is 0 Å². The first-order chi connectivity index (χ1) is 10.1. The smallest absolute Gasteiger partial charge is 0.411 e. The maximum absolute atomic E-state index is 12.4. The van der Waals surface area contributed by atoms with E-state index in [9.17, 15) is 14.7 Å². The molecule has 0 radical (unpaired) electrons. The van der Waals surface area contributed by atoms with Gasteiger partial charge in [-0.3, -0.25) is 4.90 Å². The second-order valence-corrected chi connectivity index (χ2v) is 6.50. The van der Waals surface area contributed by atoms with Crippen LogP contribution in [0.1, 0.15) is 31.9 Å². The number of carboxylic acid groups (broad SMARTS) is 1. The third-order valence-electron chi connectivity index (χ3n) is 2.90. The lowest BCUT2D eigenvalue weighted by molar-refractivity contribution is -0.142. The van der Waals surface area contributed by atoms with E-state index in [0.29, 0.717) is 0 Å².